The lowest BCUT2D eigenvalue weighted by atomic mass is 10.1. The van der Waals surface area contributed by atoms with Crippen LogP contribution in [0.4, 0.5) is 9.59 Å². The molecule has 0 aliphatic rings. The van der Waals surface area contributed by atoms with E-state index in [0.717, 1.165) is 19.3 Å². The third-order valence-electron chi connectivity index (χ3n) is 2.33. The Bertz CT molecular complexity index is 327. The van der Waals surface area contributed by atoms with Gasteiger partial charge in [0, 0.05) is 0 Å². The molecular weight excluding hydrogens is 276 g/mol. The molecule has 0 fully saturated rings. The molecule has 0 N–H and O–H groups in total. The molecule has 0 aromatic heterocycles. The van der Waals surface area contributed by atoms with Crippen molar-refractivity contribution in [3.8, 4) is 0 Å². The van der Waals surface area contributed by atoms with Crippen LogP contribution in [0.2, 0.25) is 19.6 Å². The molecule has 0 bridgehead atoms. The molecule has 116 valence electrons. The standard InChI is InChI=1S/C13H26N2O4Si/c1-5-6-7-8-9-10-11-18-12(16)14-15-13(17)19-20(2,3)4/h5-11H2,1-4H3. The number of nitrogens with zero attached hydrogens (tertiary/aromatic N) is 2. The predicted molar refractivity (Wildman–Crippen MR) is 79.4 cm³/mol. The topological polar surface area (TPSA) is 77.3 Å². The van der Waals surface area contributed by atoms with Gasteiger partial charge in [0.05, 0.1) is 6.61 Å². The van der Waals surface area contributed by atoms with E-state index in [4.69, 9.17) is 9.16 Å². The first-order chi connectivity index (χ1) is 9.35. The van der Waals surface area contributed by atoms with E-state index in [1.54, 1.807) is 0 Å². The Morgan fingerprint density at radius 2 is 1.45 bits per heavy atom. The monoisotopic (exact) mass is 302 g/mol. The summed E-state index contributed by atoms with van der Waals surface area (Å²) < 4.78 is 9.83. The van der Waals surface area contributed by atoms with Gasteiger partial charge >= 0.3 is 12.2 Å². The maximum absolute atomic E-state index is 11.2. The van der Waals surface area contributed by atoms with E-state index in [0.29, 0.717) is 6.61 Å². The first-order valence-electron chi connectivity index (χ1n) is 7.16. The van der Waals surface area contributed by atoms with Gasteiger partial charge in [-0.3, -0.25) is 0 Å². The zero-order chi connectivity index (χ0) is 15.4. The summed E-state index contributed by atoms with van der Waals surface area (Å²) >= 11 is 0. The lowest BCUT2D eigenvalue weighted by Gasteiger charge is -2.13. The summed E-state index contributed by atoms with van der Waals surface area (Å²) in [5, 5.41) is 6.34. The van der Waals surface area contributed by atoms with Crippen molar-refractivity contribution in [2.45, 2.75) is 65.1 Å². The van der Waals surface area contributed by atoms with Crippen molar-refractivity contribution >= 4 is 20.5 Å². The van der Waals surface area contributed by atoms with Crippen molar-refractivity contribution in [2.75, 3.05) is 6.61 Å². The highest BCUT2D eigenvalue weighted by Gasteiger charge is 2.19. The third kappa shape index (κ3) is 13.2. The van der Waals surface area contributed by atoms with Crippen LogP contribution in [-0.2, 0) is 9.16 Å². The minimum Gasteiger partial charge on any atom is -0.502 e. The predicted octanol–water partition coefficient (Wildman–Crippen LogP) is 4.91. The number of ether oxygens (including phenoxy) is 1. The van der Waals surface area contributed by atoms with Gasteiger partial charge in [0.15, 0.2) is 0 Å². The molecule has 0 saturated heterocycles. The highest BCUT2D eigenvalue weighted by Crippen LogP contribution is 2.06. The molecule has 0 heterocycles. The molecule has 0 radical (unpaired) electrons. The van der Waals surface area contributed by atoms with Gasteiger partial charge in [-0.1, -0.05) is 49.3 Å². The van der Waals surface area contributed by atoms with E-state index in [1.165, 1.54) is 19.3 Å². The fraction of sp³-hybridized carbons (Fsp3) is 0.846. The molecule has 0 unspecified atom stereocenters. The second-order valence-corrected chi connectivity index (χ2v) is 9.99. The number of amides is 2. The van der Waals surface area contributed by atoms with Crippen LogP contribution in [0.1, 0.15) is 45.4 Å². The quantitative estimate of drug-likeness (QED) is 0.362. The Labute approximate surface area is 122 Å². The fourth-order valence-corrected chi connectivity index (χ4v) is 2.00. The zero-order valence-corrected chi connectivity index (χ0v) is 14.0. The SMILES string of the molecule is CCCCCCCCOC(=O)N=NC(=O)O[Si](C)(C)C. The number of carbonyl (C=O) groups is 2. The summed E-state index contributed by atoms with van der Waals surface area (Å²) in [7, 11) is -2.00. The van der Waals surface area contributed by atoms with Gasteiger partial charge in [0.1, 0.15) is 0 Å². The van der Waals surface area contributed by atoms with Crippen LogP contribution in [0, 0.1) is 0 Å². The molecule has 7 heteroatoms. The van der Waals surface area contributed by atoms with Gasteiger partial charge in [0.25, 0.3) is 0 Å². The number of azo groups is 1. The molecule has 0 saturated carbocycles. The van der Waals surface area contributed by atoms with Gasteiger partial charge in [-0.15, -0.1) is 0 Å². The normalized spacial score (nSPS) is 11.6. The molecule has 0 rings (SSSR count). The minimum atomic E-state index is -2.00. The smallest absolute Gasteiger partial charge is 0.452 e. The molecular formula is C13H26N2O4Si. The van der Waals surface area contributed by atoms with Gasteiger partial charge < -0.3 is 9.16 Å². The van der Waals surface area contributed by atoms with Crippen molar-refractivity contribution in [3.05, 3.63) is 0 Å². The fourth-order valence-electron chi connectivity index (χ4n) is 1.43. The summed E-state index contributed by atoms with van der Waals surface area (Å²) in [6, 6.07) is 0. The van der Waals surface area contributed by atoms with Crippen molar-refractivity contribution in [1.29, 1.82) is 0 Å². The van der Waals surface area contributed by atoms with Crippen LogP contribution in [0.5, 0.6) is 0 Å². The van der Waals surface area contributed by atoms with Crippen LogP contribution >= 0.6 is 0 Å². The Kier molecular flexibility index (Phi) is 9.88. The van der Waals surface area contributed by atoms with E-state index < -0.39 is 20.5 Å². The largest absolute Gasteiger partial charge is 0.502 e. The Morgan fingerprint density at radius 3 is 2.05 bits per heavy atom. The summed E-state index contributed by atoms with van der Waals surface area (Å²) in [4.78, 5) is 22.4. The summed E-state index contributed by atoms with van der Waals surface area (Å²) in [5.74, 6) is 0. The first-order valence-corrected chi connectivity index (χ1v) is 10.6. The van der Waals surface area contributed by atoms with Gasteiger partial charge in [0.2, 0.25) is 8.32 Å². The second-order valence-electron chi connectivity index (χ2n) is 5.56. The summed E-state index contributed by atoms with van der Waals surface area (Å²) in [5.41, 5.74) is 0. The minimum absolute atomic E-state index is 0.313. The van der Waals surface area contributed by atoms with E-state index in [2.05, 4.69) is 17.2 Å². The van der Waals surface area contributed by atoms with E-state index in [9.17, 15) is 9.59 Å². The average molecular weight is 302 g/mol. The summed E-state index contributed by atoms with van der Waals surface area (Å²) in [6.07, 6.45) is 4.98. The average Bonchev–Trinajstić information content (AvgIpc) is 2.33. The maximum Gasteiger partial charge on any atom is 0.452 e. The summed E-state index contributed by atoms with van der Waals surface area (Å²) in [6.45, 7) is 8.01. The van der Waals surface area contributed by atoms with Gasteiger partial charge in [-0.25, -0.2) is 9.59 Å². The van der Waals surface area contributed by atoms with E-state index in [1.807, 2.05) is 19.6 Å². The number of hydrogen-bond donors (Lipinski definition) is 0. The number of unbranched alkanes of at least 4 members (excludes halogenated alkanes) is 5. The molecule has 0 atom stereocenters. The molecule has 6 nitrogen and oxygen atoms in total. The Morgan fingerprint density at radius 1 is 0.900 bits per heavy atom. The number of rotatable bonds is 8. The van der Waals surface area contributed by atoms with Crippen molar-refractivity contribution < 1.29 is 18.8 Å². The highest BCUT2D eigenvalue weighted by molar-refractivity contribution is 6.71. The van der Waals surface area contributed by atoms with Crippen LogP contribution in [-0.4, -0.2) is 27.1 Å². The lowest BCUT2D eigenvalue weighted by Crippen LogP contribution is -2.27. The van der Waals surface area contributed by atoms with Crippen molar-refractivity contribution in [2.24, 2.45) is 10.2 Å². The lowest BCUT2D eigenvalue weighted by molar-refractivity contribution is 0.151. The molecule has 2 amide bonds. The molecule has 20 heavy (non-hydrogen) atoms. The third-order valence-corrected chi connectivity index (χ3v) is 3.12. The molecule has 0 aliphatic carbocycles. The van der Waals surface area contributed by atoms with Crippen LogP contribution in [0.3, 0.4) is 0 Å². The van der Waals surface area contributed by atoms with Crippen LogP contribution in [0.15, 0.2) is 10.2 Å². The van der Waals surface area contributed by atoms with Gasteiger partial charge in [-0.05, 0) is 26.1 Å². The first kappa shape index (κ1) is 18.8. The van der Waals surface area contributed by atoms with E-state index >= 15 is 0 Å². The molecule has 0 aromatic carbocycles. The Hall–Kier alpha value is -1.24. The number of carbonyl (C=O) groups excluding carboxylic acids is 2. The van der Waals surface area contributed by atoms with Crippen LogP contribution in [0.25, 0.3) is 0 Å². The molecule has 0 aliphatic heterocycles. The highest BCUT2D eigenvalue weighted by atomic mass is 28.4. The molecule has 0 spiro atoms. The van der Waals surface area contributed by atoms with Gasteiger partial charge in [-0.2, -0.15) is 0 Å². The second kappa shape index (κ2) is 10.5. The van der Waals surface area contributed by atoms with Crippen molar-refractivity contribution in [3.63, 3.8) is 0 Å². The number of hydrogen-bond acceptors (Lipinski definition) is 4. The Balaban J connectivity index is 3.65. The maximum atomic E-state index is 11.2. The van der Waals surface area contributed by atoms with Crippen molar-refractivity contribution in [1.82, 2.24) is 0 Å². The van der Waals surface area contributed by atoms with Crippen LogP contribution < -0.4 is 0 Å². The van der Waals surface area contributed by atoms with E-state index in [-0.39, 0.29) is 0 Å². The zero-order valence-electron chi connectivity index (χ0n) is 13.0. The molecule has 0 aromatic rings.